The lowest BCUT2D eigenvalue weighted by Crippen LogP contribution is -2.54. The number of halogens is 3. The summed E-state index contributed by atoms with van der Waals surface area (Å²) in [5.41, 5.74) is 1.07. The molecule has 0 aromatic heterocycles. The first-order valence-electron chi connectivity index (χ1n) is 8.91. The molecule has 2 saturated heterocycles. The molecular formula is C18H25F3N4O. The number of likely N-dealkylation sites (N-methyl/N-ethyl adjacent to an activating group) is 1. The van der Waals surface area contributed by atoms with Gasteiger partial charge in [0, 0.05) is 38.8 Å². The Bertz CT molecular complexity index is 610. The Balaban J connectivity index is 1.61. The number of carbonyl (C=O) groups excluding carboxylic acids is 1. The zero-order valence-electron chi connectivity index (χ0n) is 14.9. The molecule has 0 aliphatic carbocycles. The molecule has 0 bridgehead atoms. The number of carbonyl (C=O) groups is 1. The minimum atomic E-state index is -4.20. The molecule has 2 unspecified atom stereocenters. The molecular weight excluding hydrogens is 345 g/mol. The molecule has 26 heavy (non-hydrogen) atoms. The summed E-state index contributed by atoms with van der Waals surface area (Å²) >= 11 is 0. The summed E-state index contributed by atoms with van der Waals surface area (Å²) in [6.07, 6.45) is -3.65. The summed E-state index contributed by atoms with van der Waals surface area (Å²) in [4.78, 5) is 18.1. The fourth-order valence-electron chi connectivity index (χ4n) is 3.73. The van der Waals surface area contributed by atoms with Crippen molar-refractivity contribution in [1.29, 1.82) is 0 Å². The Morgan fingerprint density at radius 1 is 1.15 bits per heavy atom. The van der Waals surface area contributed by atoms with Crippen LogP contribution in [0.2, 0.25) is 0 Å². The molecule has 5 nitrogen and oxygen atoms in total. The molecule has 8 heteroatoms. The van der Waals surface area contributed by atoms with Crippen LogP contribution in [0.1, 0.15) is 18.0 Å². The van der Waals surface area contributed by atoms with Gasteiger partial charge in [-0.05, 0) is 19.0 Å². The van der Waals surface area contributed by atoms with E-state index in [9.17, 15) is 18.0 Å². The Morgan fingerprint density at radius 2 is 1.88 bits per heavy atom. The average Bonchev–Trinajstić information content (AvgIpc) is 3.00. The van der Waals surface area contributed by atoms with Gasteiger partial charge in [0.05, 0.1) is 12.6 Å². The van der Waals surface area contributed by atoms with E-state index in [0.717, 1.165) is 18.7 Å². The van der Waals surface area contributed by atoms with Gasteiger partial charge in [-0.2, -0.15) is 13.2 Å². The number of benzene rings is 1. The highest BCUT2D eigenvalue weighted by Crippen LogP contribution is 2.25. The molecule has 3 rings (SSSR count). The van der Waals surface area contributed by atoms with Crippen LogP contribution in [0.25, 0.3) is 0 Å². The van der Waals surface area contributed by atoms with Crippen molar-refractivity contribution in [3.05, 3.63) is 35.9 Å². The number of piperazine rings is 1. The van der Waals surface area contributed by atoms with Crippen LogP contribution in [-0.2, 0) is 0 Å². The fraction of sp³-hybridized carbons (Fsp3) is 0.611. The molecule has 1 aromatic rings. The molecule has 2 aliphatic rings. The van der Waals surface area contributed by atoms with Gasteiger partial charge in [0.1, 0.15) is 0 Å². The molecule has 1 aromatic carbocycles. The van der Waals surface area contributed by atoms with E-state index in [1.54, 1.807) is 0 Å². The second-order valence-corrected chi connectivity index (χ2v) is 7.17. The van der Waals surface area contributed by atoms with Crippen molar-refractivity contribution in [3.8, 4) is 0 Å². The van der Waals surface area contributed by atoms with Crippen LogP contribution >= 0.6 is 0 Å². The van der Waals surface area contributed by atoms with Crippen molar-refractivity contribution in [3.63, 3.8) is 0 Å². The second-order valence-electron chi connectivity index (χ2n) is 7.17. The van der Waals surface area contributed by atoms with Crippen molar-refractivity contribution >= 4 is 6.03 Å². The number of rotatable bonds is 3. The normalized spacial score (nSPS) is 25.5. The number of likely N-dealkylation sites (tertiary alicyclic amines) is 1. The third-order valence-corrected chi connectivity index (χ3v) is 5.03. The number of alkyl halides is 3. The second kappa shape index (κ2) is 7.84. The van der Waals surface area contributed by atoms with Gasteiger partial charge in [-0.1, -0.05) is 30.3 Å². The molecule has 2 fully saturated rings. The van der Waals surface area contributed by atoms with E-state index >= 15 is 0 Å². The van der Waals surface area contributed by atoms with Crippen LogP contribution in [0.4, 0.5) is 18.0 Å². The lowest BCUT2D eigenvalue weighted by molar-refractivity contribution is -0.143. The maximum Gasteiger partial charge on any atom is 0.401 e. The number of nitrogens with one attached hydrogen (secondary N) is 1. The summed E-state index contributed by atoms with van der Waals surface area (Å²) in [5, 5.41) is 2.94. The van der Waals surface area contributed by atoms with Crippen LogP contribution in [0.15, 0.2) is 30.3 Å². The molecule has 2 amide bonds. The van der Waals surface area contributed by atoms with Crippen molar-refractivity contribution < 1.29 is 18.0 Å². The summed E-state index contributed by atoms with van der Waals surface area (Å²) in [6.45, 7) is 1.80. The zero-order valence-corrected chi connectivity index (χ0v) is 14.9. The van der Waals surface area contributed by atoms with E-state index in [2.05, 4.69) is 10.2 Å². The third kappa shape index (κ3) is 4.88. The van der Waals surface area contributed by atoms with Crippen molar-refractivity contribution in [1.82, 2.24) is 20.0 Å². The number of urea groups is 1. The van der Waals surface area contributed by atoms with Crippen LogP contribution in [0.5, 0.6) is 0 Å². The quantitative estimate of drug-likeness (QED) is 0.888. The number of hydrogen-bond donors (Lipinski definition) is 1. The minimum absolute atomic E-state index is 0.0531. The van der Waals surface area contributed by atoms with Gasteiger partial charge in [0.15, 0.2) is 0 Å². The van der Waals surface area contributed by atoms with E-state index in [4.69, 9.17) is 0 Å². The van der Waals surface area contributed by atoms with Gasteiger partial charge >= 0.3 is 12.2 Å². The zero-order chi connectivity index (χ0) is 18.7. The van der Waals surface area contributed by atoms with Gasteiger partial charge in [-0.3, -0.25) is 4.90 Å². The predicted octanol–water partition coefficient (Wildman–Crippen LogP) is 2.32. The molecule has 1 N–H and O–H groups in total. The molecule has 0 spiro atoms. The number of nitrogens with zero attached hydrogens (tertiary/aromatic N) is 3. The predicted molar refractivity (Wildman–Crippen MR) is 92.8 cm³/mol. The SMILES string of the molecule is CN1CCN(C(=O)NC2CCN(CC(F)(F)F)C2)C(c2ccccc2)C1. The van der Waals surface area contributed by atoms with Crippen molar-refractivity contribution in [2.45, 2.75) is 24.7 Å². The van der Waals surface area contributed by atoms with E-state index in [1.807, 2.05) is 42.3 Å². The molecule has 2 atom stereocenters. The van der Waals surface area contributed by atoms with Gasteiger partial charge in [0.25, 0.3) is 0 Å². The summed E-state index contributed by atoms with van der Waals surface area (Å²) in [7, 11) is 2.02. The average molecular weight is 370 g/mol. The van der Waals surface area contributed by atoms with E-state index in [1.165, 1.54) is 4.90 Å². The largest absolute Gasteiger partial charge is 0.401 e. The molecule has 0 radical (unpaired) electrons. The minimum Gasteiger partial charge on any atom is -0.334 e. The van der Waals surface area contributed by atoms with E-state index < -0.39 is 12.7 Å². The maximum absolute atomic E-state index is 12.8. The molecule has 144 valence electrons. The Kier molecular flexibility index (Phi) is 5.72. The van der Waals surface area contributed by atoms with Crippen molar-refractivity contribution in [2.24, 2.45) is 0 Å². The van der Waals surface area contributed by atoms with Crippen LogP contribution < -0.4 is 5.32 Å². The van der Waals surface area contributed by atoms with Crippen LogP contribution in [0, 0.1) is 0 Å². The Hall–Kier alpha value is -1.80. The third-order valence-electron chi connectivity index (χ3n) is 5.03. The summed E-state index contributed by atoms with van der Waals surface area (Å²) in [6, 6.07) is 9.37. The summed E-state index contributed by atoms with van der Waals surface area (Å²) < 4.78 is 37.6. The topological polar surface area (TPSA) is 38.8 Å². The maximum atomic E-state index is 12.8. The number of hydrogen-bond acceptors (Lipinski definition) is 3. The molecule has 2 heterocycles. The Morgan fingerprint density at radius 3 is 2.58 bits per heavy atom. The lowest BCUT2D eigenvalue weighted by Gasteiger charge is -2.40. The highest BCUT2D eigenvalue weighted by molar-refractivity contribution is 5.75. The monoisotopic (exact) mass is 370 g/mol. The Labute approximate surface area is 151 Å². The standard InChI is InChI=1S/C18H25F3N4O/c1-23-9-10-25(16(12-23)14-5-3-2-4-6-14)17(26)22-15-7-8-24(11-15)13-18(19,20)21/h2-6,15-16H,7-13H2,1H3,(H,22,26). The van der Waals surface area contributed by atoms with Gasteiger partial charge in [-0.25, -0.2) is 4.79 Å². The first kappa shape index (κ1) is 19.0. The van der Waals surface area contributed by atoms with E-state index in [0.29, 0.717) is 19.5 Å². The van der Waals surface area contributed by atoms with Crippen LogP contribution in [0.3, 0.4) is 0 Å². The van der Waals surface area contributed by atoms with Gasteiger partial charge in [-0.15, -0.1) is 0 Å². The highest BCUT2D eigenvalue weighted by atomic mass is 19.4. The van der Waals surface area contributed by atoms with Crippen molar-refractivity contribution in [2.75, 3.05) is 46.3 Å². The molecule has 2 aliphatic heterocycles. The first-order valence-corrected chi connectivity index (χ1v) is 8.91. The smallest absolute Gasteiger partial charge is 0.334 e. The van der Waals surface area contributed by atoms with Gasteiger partial charge < -0.3 is 15.1 Å². The first-order chi connectivity index (χ1) is 12.3. The fourth-order valence-corrected chi connectivity index (χ4v) is 3.73. The molecule has 0 saturated carbocycles. The van der Waals surface area contributed by atoms with Crippen LogP contribution in [-0.4, -0.2) is 79.3 Å². The lowest BCUT2D eigenvalue weighted by atomic mass is 10.0. The highest BCUT2D eigenvalue weighted by Gasteiger charge is 2.36. The number of amides is 2. The van der Waals surface area contributed by atoms with E-state index in [-0.39, 0.29) is 24.7 Å². The summed E-state index contributed by atoms with van der Waals surface area (Å²) in [5.74, 6) is 0. The van der Waals surface area contributed by atoms with Gasteiger partial charge in [0.2, 0.25) is 0 Å².